The molecule has 0 saturated heterocycles. The second-order valence-electron chi connectivity index (χ2n) is 6.94. The molecule has 1 atom stereocenters. The SMILES string of the molecule is CCCCCC[Si](c1ccccc1)(c1ccccc1)C(C)NC(C)=O. The van der Waals surface area contributed by atoms with Crippen molar-refractivity contribution < 1.29 is 4.79 Å². The van der Waals surface area contributed by atoms with Crippen molar-refractivity contribution in [3.63, 3.8) is 0 Å². The molecular formula is C22H31NOSi. The van der Waals surface area contributed by atoms with Gasteiger partial charge in [0.1, 0.15) is 8.07 Å². The van der Waals surface area contributed by atoms with Crippen LogP contribution < -0.4 is 15.7 Å². The van der Waals surface area contributed by atoms with Gasteiger partial charge in [0.25, 0.3) is 0 Å². The van der Waals surface area contributed by atoms with E-state index in [0.29, 0.717) is 0 Å². The predicted molar refractivity (Wildman–Crippen MR) is 110 cm³/mol. The maximum Gasteiger partial charge on any atom is 0.216 e. The van der Waals surface area contributed by atoms with Crippen molar-refractivity contribution in [2.75, 3.05) is 0 Å². The van der Waals surface area contributed by atoms with Gasteiger partial charge < -0.3 is 5.32 Å². The van der Waals surface area contributed by atoms with Gasteiger partial charge in [0.15, 0.2) is 0 Å². The highest BCUT2D eigenvalue weighted by Gasteiger charge is 2.42. The maximum atomic E-state index is 11.9. The minimum atomic E-state index is -2.10. The van der Waals surface area contributed by atoms with Crippen molar-refractivity contribution in [3.05, 3.63) is 60.7 Å². The van der Waals surface area contributed by atoms with E-state index in [4.69, 9.17) is 0 Å². The van der Waals surface area contributed by atoms with E-state index in [0.717, 1.165) is 0 Å². The number of amides is 1. The van der Waals surface area contributed by atoms with Gasteiger partial charge in [-0.05, 0) is 13.0 Å². The van der Waals surface area contributed by atoms with Gasteiger partial charge in [-0.3, -0.25) is 4.79 Å². The summed E-state index contributed by atoms with van der Waals surface area (Å²) in [6.07, 6.45) is 5.00. The summed E-state index contributed by atoms with van der Waals surface area (Å²) >= 11 is 0. The van der Waals surface area contributed by atoms with Crippen molar-refractivity contribution >= 4 is 24.4 Å². The van der Waals surface area contributed by atoms with Crippen molar-refractivity contribution in [1.82, 2.24) is 5.32 Å². The van der Waals surface area contributed by atoms with Crippen LogP contribution in [0.1, 0.15) is 46.5 Å². The first-order chi connectivity index (χ1) is 12.1. The van der Waals surface area contributed by atoms with Crippen LogP contribution in [0.2, 0.25) is 6.04 Å². The lowest BCUT2D eigenvalue weighted by atomic mass is 10.2. The number of rotatable bonds is 9. The summed E-state index contributed by atoms with van der Waals surface area (Å²) in [6.45, 7) is 6.08. The normalized spacial score (nSPS) is 12.6. The smallest absolute Gasteiger partial charge is 0.216 e. The summed E-state index contributed by atoms with van der Waals surface area (Å²) in [6, 6.07) is 22.9. The quantitative estimate of drug-likeness (QED) is 0.538. The van der Waals surface area contributed by atoms with Gasteiger partial charge >= 0.3 is 0 Å². The maximum absolute atomic E-state index is 11.9. The highest BCUT2D eigenvalue weighted by molar-refractivity contribution is 7.03. The summed E-state index contributed by atoms with van der Waals surface area (Å²) in [5, 5.41) is 6.08. The molecule has 0 aliphatic rings. The van der Waals surface area contributed by atoms with Crippen LogP contribution in [-0.2, 0) is 4.79 Å². The van der Waals surface area contributed by atoms with E-state index in [1.165, 1.54) is 42.1 Å². The van der Waals surface area contributed by atoms with E-state index in [1.54, 1.807) is 6.92 Å². The molecule has 0 aromatic heterocycles. The summed E-state index contributed by atoms with van der Waals surface area (Å²) in [7, 11) is -2.10. The van der Waals surface area contributed by atoms with Crippen molar-refractivity contribution in [1.29, 1.82) is 0 Å². The molecule has 2 aromatic carbocycles. The summed E-state index contributed by atoms with van der Waals surface area (Å²) in [5.41, 5.74) is 0.163. The van der Waals surface area contributed by atoms with Crippen molar-refractivity contribution in [3.8, 4) is 0 Å². The van der Waals surface area contributed by atoms with Gasteiger partial charge in [-0.2, -0.15) is 0 Å². The standard InChI is InChI=1S/C22H31NOSi/c1-4-5-6-13-18-25(20(3)23-19(2)24,21-14-9-7-10-15-21)22-16-11-8-12-17-22/h7-12,14-17,20H,4-6,13,18H2,1-3H3,(H,23,24). The Balaban J connectivity index is 2.50. The third kappa shape index (κ3) is 4.82. The van der Waals surface area contributed by atoms with Crippen molar-refractivity contribution in [2.45, 2.75) is 58.2 Å². The van der Waals surface area contributed by atoms with Crippen LogP contribution in [0.15, 0.2) is 60.7 Å². The topological polar surface area (TPSA) is 29.1 Å². The van der Waals surface area contributed by atoms with Gasteiger partial charge in [0.05, 0.1) is 0 Å². The summed E-state index contributed by atoms with van der Waals surface area (Å²) in [4.78, 5) is 11.9. The lowest BCUT2D eigenvalue weighted by molar-refractivity contribution is -0.119. The minimum absolute atomic E-state index is 0.0600. The van der Waals surface area contributed by atoms with Crippen LogP contribution in [0, 0.1) is 0 Å². The Labute approximate surface area is 153 Å². The number of unbranched alkanes of at least 4 members (excludes halogenated alkanes) is 3. The molecule has 0 spiro atoms. The van der Waals surface area contributed by atoms with Crippen LogP contribution in [-0.4, -0.2) is 19.6 Å². The zero-order valence-corrected chi connectivity index (χ0v) is 16.8. The lowest BCUT2D eigenvalue weighted by Gasteiger charge is -2.39. The van der Waals surface area contributed by atoms with E-state index < -0.39 is 8.07 Å². The molecule has 0 bridgehead atoms. The number of benzene rings is 2. The molecule has 2 rings (SSSR count). The highest BCUT2D eigenvalue weighted by atomic mass is 28.3. The average Bonchev–Trinajstić information content (AvgIpc) is 2.63. The van der Waals surface area contributed by atoms with Gasteiger partial charge in [0.2, 0.25) is 5.91 Å². The van der Waals surface area contributed by atoms with E-state index in [2.05, 4.69) is 79.8 Å². The lowest BCUT2D eigenvalue weighted by Crippen LogP contribution is -2.69. The van der Waals surface area contributed by atoms with E-state index in [-0.39, 0.29) is 11.6 Å². The third-order valence-electron chi connectivity index (χ3n) is 5.16. The molecule has 0 heterocycles. The molecule has 0 fully saturated rings. The van der Waals surface area contributed by atoms with E-state index in [9.17, 15) is 4.79 Å². The molecular weight excluding hydrogens is 322 g/mol. The van der Waals surface area contributed by atoms with E-state index in [1.807, 2.05) is 0 Å². The molecule has 3 heteroatoms. The van der Waals surface area contributed by atoms with E-state index >= 15 is 0 Å². The second kappa shape index (κ2) is 9.57. The average molecular weight is 354 g/mol. The van der Waals surface area contributed by atoms with Crippen LogP contribution >= 0.6 is 0 Å². The fourth-order valence-electron chi connectivity index (χ4n) is 3.90. The van der Waals surface area contributed by atoms with Crippen LogP contribution in [0.5, 0.6) is 0 Å². The fraction of sp³-hybridized carbons (Fsp3) is 0.409. The number of carbonyl (C=O) groups is 1. The Kier molecular flexibility index (Phi) is 7.45. The number of hydrogen-bond acceptors (Lipinski definition) is 1. The Morgan fingerprint density at radius 2 is 1.44 bits per heavy atom. The molecule has 0 aliphatic carbocycles. The first kappa shape index (κ1) is 19.5. The molecule has 0 radical (unpaired) electrons. The third-order valence-corrected chi connectivity index (χ3v) is 10.7. The Hall–Kier alpha value is -1.87. The molecule has 1 N–H and O–H groups in total. The highest BCUT2D eigenvalue weighted by Crippen LogP contribution is 2.20. The summed E-state index contributed by atoms with van der Waals surface area (Å²) < 4.78 is 0. The van der Waals surface area contributed by atoms with Crippen LogP contribution in [0.25, 0.3) is 0 Å². The molecule has 2 aromatic rings. The van der Waals surface area contributed by atoms with Gasteiger partial charge in [-0.25, -0.2) is 0 Å². The molecule has 0 saturated carbocycles. The first-order valence-corrected chi connectivity index (χ1v) is 11.8. The number of carbonyl (C=O) groups excluding carboxylic acids is 1. The van der Waals surface area contributed by atoms with Gasteiger partial charge in [0, 0.05) is 12.6 Å². The molecule has 1 unspecified atom stereocenters. The molecule has 134 valence electrons. The minimum Gasteiger partial charge on any atom is -0.356 e. The zero-order chi connectivity index (χ0) is 18.1. The monoisotopic (exact) mass is 353 g/mol. The summed E-state index contributed by atoms with van der Waals surface area (Å²) in [5.74, 6) is 0.0600. The number of hydrogen-bond donors (Lipinski definition) is 1. The van der Waals surface area contributed by atoms with Crippen molar-refractivity contribution in [2.24, 2.45) is 0 Å². The molecule has 0 aliphatic heterocycles. The van der Waals surface area contributed by atoms with Crippen LogP contribution in [0.3, 0.4) is 0 Å². The van der Waals surface area contributed by atoms with Gasteiger partial charge in [-0.1, -0.05) is 104 Å². The largest absolute Gasteiger partial charge is 0.356 e. The number of nitrogens with one attached hydrogen (secondary N) is 1. The molecule has 2 nitrogen and oxygen atoms in total. The Bertz CT molecular complexity index is 602. The second-order valence-corrected chi connectivity index (χ2v) is 11.4. The van der Waals surface area contributed by atoms with Gasteiger partial charge in [-0.15, -0.1) is 0 Å². The Morgan fingerprint density at radius 1 is 0.920 bits per heavy atom. The molecule has 25 heavy (non-hydrogen) atoms. The predicted octanol–water partition coefficient (Wildman–Crippen LogP) is 3.89. The van der Waals surface area contributed by atoms with Crippen LogP contribution in [0.4, 0.5) is 0 Å². The molecule has 1 amide bonds. The Morgan fingerprint density at radius 3 is 1.88 bits per heavy atom. The first-order valence-electron chi connectivity index (χ1n) is 9.49. The zero-order valence-electron chi connectivity index (χ0n) is 15.8. The fourth-order valence-corrected chi connectivity index (χ4v) is 9.08.